The molecule has 2 amide bonds. The Morgan fingerprint density at radius 3 is 2.62 bits per heavy atom. The minimum atomic E-state index is -1.17. The minimum absolute atomic E-state index is 0.0616. The summed E-state index contributed by atoms with van der Waals surface area (Å²) in [4.78, 5) is 25.7. The topological polar surface area (TPSA) is 78.9 Å². The largest absolute Gasteiger partial charge is 0.465 e. The third-order valence-corrected chi connectivity index (χ3v) is 6.83. The van der Waals surface area contributed by atoms with Crippen LogP contribution in [0.2, 0.25) is 0 Å². The lowest BCUT2D eigenvalue weighted by Crippen LogP contribution is -2.47. The van der Waals surface area contributed by atoms with Crippen molar-refractivity contribution in [2.75, 3.05) is 24.7 Å². The summed E-state index contributed by atoms with van der Waals surface area (Å²) < 4.78 is 5.56. The van der Waals surface area contributed by atoms with Crippen molar-refractivity contribution >= 4 is 23.8 Å². The molecule has 0 radical (unpaired) electrons. The van der Waals surface area contributed by atoms with Crippen molar-refractivity contribution < 1.29 is 19.4 Å². The van der Waals surface area contributed by atoms with E-state index in [4.69, 9.17) is 9.84 Å². The van der Waals surface area contributed by atoms with Gasteiger partial charge in [-0.25, -0.2) is 4.79 Å². The highest BCUT2D eigenvalue weighted by Crippen LogP contribution is 2.44. The second-order valence-corrected chi connectivity index (χ2v) is 8.71. The van der Waals surface area contributed by atoms with E-state index in [0.717, 1.165) is 63.0 Å². The second-order valence-electron chi connectivity index (χ2n) is 8.71. The Kier molecular flexibility index (Phi) is 5.63. The van der Waals surface area contributed by atoms with E-state index in [1.807, 2.05) is 11.0 Å². The summed E-state index contributed by atoms with van der Waals surface area (Å²) in [6, 6.07) is 6.42. The third kappa shape index (κ3) is 4.04. The summed E-state index contributed by atoms with van der Waals surface area (Å²) in [5, 5.41) is 11.2. The highest BCUT2D eigenvalue weighted by Gasteiger charge is 2.37. The number of allylic oxidation sites excluding steroid dienone is 1. The van der Waals surface area contributed by atoms with Crippen LogP contribution in [0.3, 0.4) is 0 Å². The van der Waals surface area contributed by atoms with Gasteiger partial charge in [-0.1, -0.05) is 25.1 Å². The van der Waals surface area contributed by atoms with E-state index in [0.29, 0.717) is 5.92 Å². The number of hydrogen-bond acceptors (Lipinski definition) is 3. The van der Waals surface area contributed by atoms with Crippen molar-refractivity contribution in [1.82, 2.24) is 5.32 Å². The molecule has 156 valence electrons. The number of fused-ring (bicyclic) bond motifs is 2. The number of carbonyl (C=O) groups is 2. The van der Waals surface area contributed by atoms with Crippen LogP contribution in [-0.4, -0.2) is 42.9 Å². The number of benzene rings is 1. The van der Waals surface area contributed by atoms with Gasteiger partial charge >= 0.3 is 6.09 Å². The van der Waals surface area contributed by atoms with Crippen LogP contribution in [0.15, 0.2) is 24.3 Å². The van der Waals surface area contributed by atoms with Gasteiger partial charge in [-0.2, -0.15) is 0 Å². The maximum Gasteiger partial charge on any atom is 0.405 e. The zero-order valence-corrected chi connectivity index (χ0v) is 17.0. The first-order valence-corrected chi connectivity index (χ1v) is 10.7. The van der Waals surface area contributed by atoms with E-state index in [2.05, 4.69) is 36.5 Å². The normalized spacial score (nSPS) is 24.9. The van der Waals surface area contributed by atoms with Gasteiger partial charge in [0.25, 0.3) is 0 Å². The fourth-order valence-electron chi connectivity index (χ4n) is 5.10. The molecular formula is C23H30N2O4. The van der Waals surface area contributed by atoms with E-state index in [1.54, 1.807) is 0 Å². The monoisotopic (exact) mass is 398 g/mol. The van der Waals surface area contributed by atoms with Gasteiger partial charge in [0.15, 0.2) is 0 Å². The summed E-state index contributed by atoms with van der Waals surface area (Å²) in [6.07, 6.45) is 9.36. The van der Waals surface area contributed by atoms with Crippen LogP contribution in [0.1, 0.15) is 56.6 Å². The van der Waals surface area contributed by atoms with Crippen LogP contribution in [-0.2, 0) is 14.9 Å². The number of ether oxygens (including phenoxy) is 1. The van der Waals surface area contributed by atoms with Gasteiger partial charge in [-0.15, -0.1) is 0 Å². The van der Waals surface area contributed by atoms with Crippen molar-refractivity contribution in [3.63, 3.8) is 0 Å². The van der Waals surface area contributed by atoms with Gasteiger partial charge in [-0.3, -0.25) is 4.79 Å². The third-order valence-electron chi connectivity index (χ3n) is 6.83. The Balaban J connectivity index is 1.61. The van der Waals surface area contributed by atoms with E-state index >= 15 is 0 Å². The van der Waals surface area contributed by atoms with E-state index in [9.17, 15) is 9.59 Å². The average molecular weight is 399 g/mol. The summed E-state index contributed by atoms with van der Waals surface area (Å²) in [5.74, 6) is 0.492. The molecule has 1 saturated carbocycles. The molecule has 1 aromatic rings. The summed E-state index contributed by atoms with van der Waals surface area (Å²) in [5.41, 5.74) is 3.41. The number of carboxylic acid groups (broad SMARTS) is 1. The van der Waals surface area contributed by atoms with Crippen molar-refractivity contribution in [1.29, 1.82) is 0 Å². The number of amides is 2. The molecule has 2 N–H and O–H groups in total. The van der Waals surface area contributed by atoms with Crippen molar-refractivity contribution in [3.8, 4) is 0 Å². The van der Waals surface area contributed by atoms with Gasteiger partial charge in [0.05, 0.1) is 0 Å². The number of hydrogen-bond donors (Lipinski definition) is 2. The van der Waals surface area contributed by atoms with Crippen molar-refractivity contribution in [2.45, 2.75) is 56.9 Å². The molecule has 4 rings (SSSR count). The molecule has 1 heterocycles. The molecule has 0 atom stereocenters. The Bertz CT molecular complexity index is 805. The molecule has 6 nitrogen and oxygen atoms in total. The molecule has 29 heavy (non-hydrogen) atoms. The first kappa shape index (κ1) is 20.0. The molecule has 2 aliphatic carbocycles. The predicted octanol–water partition coefficient (Wildman–Crippen LogP) is 3.94. The smallest absolute Gasteiger partial charge is 0.405 e. The van der Waals surface area contributed by atoms with Gasteiger partial charge in [0, 0.05) is 30.4 Å². The molecule has 2 fully saturated rings. The van der Waals surface area contributed by atoms with Crippen LogP contribution in [0.4, 0.5) is 10.5 Å². The van der Waals surface area contributed by atoms with Gasteiger partial charge in [0.1, 0.15) is 6.54 Å². The Morgan fingerprint density at radius 1 is 1.21 bits per heavy atom. The zero-order valence-electron chi connectivity index (χ0n) is 17.0. The number of carbonyl (C=O) groups excluding carboxylic acids is 1. The predicted molar refractivity (Wildman–Crippen MR) is 112 cm³/mol. The second kappa shape index (κ2) is 8.19. The van der Waals surface area contributed by atoms with Gasteiger partial charge < -0.3 is 20.1 Å². The highest BCUT2D eigenvalue weighted by atomic mass is 16.5. The average Bonchev–Trinajstić information content (AvgIpc) is 3.06. The number of nitrogens with zero attached hydrogens (tertiary/aromatic N) is 1. The maximum atomic E-state index is 13.0. The van der Waals surface area contributed by atoms with Crippen LogP contribution >= 0.6 is 0 Å². The molecule has 0 aromatic heterocycles. The van der Waals surface area contributed by atoms with Gasteiger partial charge in [0.2, 0.25) is 5.91 Å². The van der Waals surface area contributed by atoms with Crippen LogP contribution in [0.25, 0.3) is 6.08 Å². The fourth-order valence-corrected chi connectivity index (χ4v) is 5.10. The summed E-state index contributed by atoms with van der Waals surface area (Å²) >= 11 is 0. The molecule has 0 bridgehead atoms. The van der Waals surface area contributed by atoms with E-state index < -0.39 is 6.09 Å². The molecule has 0 unspecified atom stereocenters. The number of rotatable bonds is 4. The highest BCUT2D eigenvalue weighted by molar-refractivity contribution is 5.97. The molecule has 1 aliphatic heterocycles. The standard InChI is InChI=1S/C23H30N2O4/c1-16-2-4-18(5-3-16)25(21(26)15-24-22(27)28)19-6-7-20-17(14-19)8-9-23(20)10-12-29-13-11-23/h6-9,14,16,18,24H,2-5,10-13,15H2,1H3,(H,27,28). The first-order valence-electron chi connectivity index (χ1n) is 10.7. The molecule has 3 aliphatic rings. The lowest BCUT2D eigenvalue weighted by molar-refractivity contribution is -0.118. The quantitative estimate of drug-likeness (QED) is 0.805. The first-order chi connectivity index (χ1) is 14.0. The Hall–Kier alpha value is -2.34. The maximum absolute atomic E-state index is 13.0. The van der Waals surface area contributed by atoms with E-state index in [1.165, 1.54) is 5.56 Å². The van der Waals surface area contributed by atoms with E-state index in [-0.39, 0.29) is 23.9 Å². The molecule has 6 heteroatoms. The van der Waals surface area contributed by atoms with Crippen LogP contribution < -0.4 is 10.2 Å². The van der Waals surface area contributed by atoms with Crippen LogP contribution in [0.5, 0.6) is 0 Å². The molecule has 1 spiro atoms. The lowest BCUT2D eigenvalue weighted by Gasteiger charge is -2.37. The number of anilines is 1. The van der Waals surface area contributed by atoms with Crippen molar-refractivity contribution in [3.05, 3.63) is 35.4 Å². The zero-order chi connectivity index (χ0) is 20.4. The lowest BCUT2D eigenvalue weighted by atomic mass is 9.76. The number of nitrogens with one attached hydrogen (secondary N) is 1. The Labute approximate surface area is 171 Å². The molecular weight excluding hydrogens is 368 g/mol. The SMILES string of the molecule is CC1CCC(N(C(=O)CNC(=O)O)c2ccc3c(c2)C=CC32CCOCC2)CC1. The van der Waals surface area contributed by atoms with Gasteiger partial charge in [-0.05, 0) is 67.7 Å². The van der Waals surface area contributed by atoms with Crippen molar-refractivity contribution in [2.24, 2.45) is 5.92 Å². The summed E-state index contributed by atoms with van der Waals surface area (Å²) in [6.45, 7) is 3.60. The minimum Gasteiger partial charge on any atom is -0.465 e. The van der Waals surface area contributed by atoms with Crippen LogP contribution in [0, 0.1) is 5.92 Å². The summed E-state index contributed by atoms with van der Waals surface area (Å²) in [7, 11) is 0. The fraction of sp³-hybridized carbons (Fsp3) is 0.565. The Morgan fingerprint density at radius 2 is 1.93 bits per heavy atom. The molecule has 1 saturated heterocycles. The molecule has 1 aromatic carbocycles.